The fourth-order valence-corrected chi connectivity index (χ4v) is 7.97. The molecule has 0 unspecified atom stereocenters. The predicted molar refractivity (Wildman–Crippen MR) is 205 cm³/mol. The largest absolute Gasteiger partial charge is 0.501 e. The number of fused-ring (bicyclic) bond motifs is 3. The SMILES string of the molecule is CC(C)Cc1ccnc(-c2[c-]ccc3c2oc2cc(-c4ccccc4)ccc23)c1.Cc1c[c-]c(-c2cc(C)c([Si](C)(C)C)cn2)cc1C.[Ir]. The number of aromatic nitrogens is 2. The summed E-state index contributed by atoms with van der Waals surface area (Å²) < 4.78 is 6.35. The molecular formula is C44H44IrN2OSi-2. The topological polar surface area (TPSA) is 38.9 Å². The van der Waals surface area contributed by atoms with Gasteiger partial charge in [-0.2, -0.15) is 0 Å². The van der Waals surface area contributed by atoms with E-state index in [4.69, 9.17) is 4.42 Å². The molecule has 251 valence electrons. The van der Waals surface area contributed by atoms with Crippen molar-refractivity contribution < 1.29 is 24.5 Å². The van der Waals surface area contributed by atoms with Gasteiger partial charge in [-0.05, 0) is 59.1 Å². The zero-order valence-electron chi connectivity index (χ0n) is 29.7. The summed E-state index contributed by atoms with van der Waals surface area (Å²) in [7, 11) is -1.29. The summed E-state index contributed by atoms with van der Waals surface area (Å²) in [6.07, 6.45) is 4.99. The van der Waals surface area contributed by atoms with Gasteiger partial charge in [-0.25, -0.2) is 0 Å². The van der Waals surface area contributed by atoms with E-state index >= 15 is 0 Å². The summed E-state index contributed by atoms with van der Waals surface area (Å²) in [6, 6.07) is 38.2. The fourth-order valence-electron chi connectivity index (χ4n) is 6.26. The summed E-state index contributed by atoms with van der Waals surface area (Å²) in [6.45, 7) is 18.0. The molecule has 0 saturated carbocycles. The Labute approximate surface area is 306 Å². The molecule has 0 aliphatic heterocycles. The third kappa shape index (κ3) is 8.19. The van der Waals surface area contributed by atoms with Gasteiger partial charge >= 0.3 is 0 Å². The smallest absolute Gasteiger partial charge is 0.121 e. The van der Waals surface area contributed by atoms with E-state index in [0.29, 0.717) is 5.92 Å². The first-order chi connectivity index (χ1) is 23.0. The van der Waals surface area contributed by atoms with Gasteiger partial charge in [0.15, 0.2) is 0 Å². The van der Waals surface area contributed by atoms with Crippen molar-refractivity contribution in [3.63, 3.8) is 0 Å². The van der Waals surface area contributed by atoms with Gasteiger partial charge in [0, 0.05) is 37.9 Å². The van der Waals surface area contributed by atoms with E-state index < -0.39 is 8.07 Å². The molecule has 0 N–H and O–H groups in total. The first-order valence-corrected chi connectivity index (χ1v) is 20.3. The molecule has 0 spiro atoms. The predicted octanol–water partition coefficient (Wildman–Crippen LogP) is 11.3. The van der Waals surface area contributed by atoms with Gasteiger partial charge in [-0.15, -0.1) is 53.1 Å². The standard InChI is InChI=1S/C27H22NO.C17H22NSi.Ir/c1-18(2)15-19-13-14-28-25(16-19)24-10-6-9-23-22-12-11-21(17-26(22)29-27(23)24)20-7-4-3-5-8-20;1-12-7-8-15(9-13(12)2)16-10-14(3)17(11-18-16)19(4,5)6;/h3-9,11-14,16-18H,15H2,1-2H3;7,9-11H,1-6H3;/q2*-1;. The number of hydrogen-bond acceptors (Lipinski definition) is 3. The molecule has 5 heteroatoms. The minimum atomic E-state index is -1.29. The van der Waals surface area contributed by atoms with Crippen LogP contribution in [0, 0.1) is 38.8 Å². The maximum Gasteiger partial charge on any atom is 0.121 e. The van der Waals surface area contributed by atoms with E-state index in [2.05, 4.69) is 155 Å². The first kappa shape index (κ1) is 36.1. The van der Waals surface area contributed by atoms with Crippen LogP contribution in [0.25, 0.3) is 55.6 Å². The Balaban J connectivity index is 0.000000205. The maximum atomic E-state index is 6.35. The molecule has 7 rings (SSSR count). The van der Waals surface area contributed by atoms with Gasteiger partial charge in [0.2, 0.25) is 0 Å². The van der Waals surface area contributed by atoms with E-state index in [-0.39, 0.29) is 20.1 Å². The number of benzene rings is 4. The van der Waals surface area contributed by atoms with Crippen molar-refractivity contribution in [1.82, 2.24) is 9.97 Å². The molecule has 7 aromatic rings. The quantitative estimate of drug-likeness (QED) is 0.124. The molecule has 3 nitrogen and oxygen atoms in total. The Kier molecular flexibility index (Phi) is 11.2. The van der Waals surface area contributed by atoms with Crippen molar-refractivity contribution in [3.05, 3.63) is 138 Å². The Bertz CT molecular complexity index is 2210. The van der Waals surface area contributed by atoms with Crippen molar-refractivity contribution in [2.75, 3.05) is 0 Å². The van der Waals surface area contributed by atoms with Crippen LogP contribution in [-0.4, -0.2) is 18.0 Å². The minimum absolute atomic E-state index is 0. The minimum Gasteiger partial charge on any atom is -0.501 e. The second kappa shape index (κ2) is 15.2. The van der Waals surface area contributed by atoms with Crippen LogP contribution >= 0.6 is 0 Å². The van der Waals surface area contributed by atoms with Crippen LogP contribution in [0.5, 0.6) is 0 Å². The number of furan rings is 1. The Morgan fingerprint density at radius 1 is 0.735 bits per heavy atom. The van der Waals surface area contributed by atoms with Gasteiger partial charge in [0.05, 0.1) is 13.7 Å². The normalized spacial score (nSPS) is 11.4. The van der Waals surface area contributed by atoms with Crippen LogP contribution in [0.1, 0.15) is 36.1 Å². The van der Waals surface area contributed by atoms with Crippen molar-refractivity contribution in [1.29, 1.82) is 0 Å². The van der Waals surface area contributed by atoms with Crippen LogP contribution in [0.2, 0.25) is 19.6 Å². The molecule has 0 saturated heterocycles. The summed E-state index contributed by atoms with van der Waals surface area (Å²) in [5, 5.41) is 3.66. The van der Waals surface area contributed by atoms with Crippen LogP contribution < -0.4 is 5.19 Å². The summed E-state index contributed by atoms with van der Waals surface area (Å²) in [5.74, 6) is 0.604. The van der Waals surface area contributed by atoms with E-state index in [9.17, 15) is 0 Å². The van der Waals surface area contributed by atoms with Gasteiger partial charge in [-0.3, -0.25) is 0 Å². The molecule has 3 heterocycles. The first-order valence-electron chi connectivity index (χ1n) is 16.8. The second-order valence-electron chi connectivity index (χ2n) is 14.3. The summed E-state index contributed by atoms with van der Waals surface area (Å²) >= 11 is 0. The number of rotatable bonds is 6. The summed E-state index contributed by atoms with van der Waals surface area (Å²) in [4.78, 5) is 9.26. The van der Waals surface area contributed by atoms with Crippen molar-refractivity contribution in [3.8, 4) is 33.6 Å². The average Bonchev–Trinajstić information content (AvgIpc) is 3.44. The molecule has 49 heavy (non-hydrogen) atoms. The molecule has 0 fully saturated rings. The number of pyridine rings is 2. The Morgan fingerprint density at radius 3 is 2.20 bits per heavy atom. The van der Waals surface area contributed by atoms with Gasteiger partial charge in [0.1, 0.15) is 5.58 Å². The fraction of sp³-hybridized carbons (Fsp3) is 0.227. The van der Waals surface area contributed by atoms with Crippen molar-refractivity contribution in [2.24, 2.45) is 5.92 Å². The van der Waals surface area contributed by atoms with E-state index in [1.54, 1.807) is 0 Å². The number of hydrogen-bond donors (Lipinski definition) is 0. The zero-order chi connectivity index (χ0) is 34.0. The molecule has 4 aromatic carbocycles. The van der Waals surface area contributed by atoms with E-state index in [0.717, 1.165) is 56.4 Å². The molecule has 0 atom stereocenters. The van der Waals surface area contributed by atoms with Crippen LogP contribution in [0.3, 0.4) is 0 Å². The molecule has 1 radical (unpaired) electrons. The Morgan fingerprint density at radius 2 is 1.51 bits per heavy atom. The zero-order valence-corrected chi connectivity index (χ0v) is 33.1. The summed E-state index contributed by atoms with van der Waals surface area (Å²) in [5.41, 5.74) is 13.2. The number of nitrogens with zero attached hydrogens (tertiary/aromatic N) is 2. The average molecular weight is 837 g/mol. The van der Waals surface area contributed by atoms with E-state index in [1.807, 2.05) is 24.4 Å². The second-order valence-corrected chi connectivity index (χ2v) is 19.3. The van der Waals surface area contributed by atoms with Gasteiger partial charge in [-0.1, -0.05) is 124 Å². The third-order valence-corrected chi connectivity index (χ3v) is 11.0. The molecule has 0 bridgehead atoms. The monoisotopic (exact) mass is 837 g/mol. The van der Waals surface area contributed by atoms with Gasteiger partial charge in [0.25, 0.3) is 0 Å². The van der Waals surface area contributed by atoms with Crippen molar-refractivity contribution >= 4 is 35.2 Å². The molecule has 0 amide bonds. The molecule has 0 aliphatic rings. The molecule has 3 aromatic heterocycles. The van der Waals surface area contributed by atoms with Crippen LogP contribution in [0.15, 0.2) is 108 Å². The third-order valence-electron chi connectivity index (χ3n) is 8.89. The molecule has 0 aliphatic carbocycles. The van der Waals surface area contributed by atoms with Gasteiger partial charge < -0.3 is 14.4 Å². The molecular weight excluding hydrogens is 793 g/mol. The van der Waals surface area contributed by atoms with Crippen LogP contribution in [0.4, 0.5) is 0 Å². The number of aryl methyl sites for hydroxylation is 3. The van der Waals surface area contributed by atoms with Crippen LogP contribution in [-0.2, 0) is 26.5 Å². The maximum absolute atomic E-state index is 6.35. The Hall–Kier alpha value is -4.15. The van der Waals surface area contributed by atoms with E-state index in [1.165, 1.54) is 33.0 Å². The van der Waals surface area contributed by atoms with Crippen molar-refractivity contribution in [2.45, 2.75) is 60.7 Å².